The highest BCUT2D eigenvalue weighted by Gasteiger charge is 2.22. The topological polar surface area (TPSA) is 43.8 Å². The second-order valence-electron chi connectivity index (χ2n) is 4.70. The summed E-state index contributed by atoms with van der Waals surface area (Å²) < 4.78 is 28.5. The first-order chi connectivity index (χ1) is 8.95. The van der Waals surface area contributed by atoms with Gasteiger partial charge < -0.3 is 5.73 Å². The highest BCUT2D eigenvalue weighted by Crippen LogP contribution is 2.36. The van der Waals surface area contributed by atoms with Crippen molar-refractivity contribution in [3.63, 3.8) is 0 Å². The summed E-state index contributed by atoms with van der Waals surface area (Å²) in [5, 5.41) is 4.35. The lowest BCUT2D eigenvalue weighted by Crippen LogP contribution is -1.98. The third-order valence-corrected chi connectivity index (χ3v) is 3.40. The quantitative estimate of drug-likeness (QED) is 0.923. The average molecular weight is 265 g/mol. The van der Waals surface area contributed by atoms with Crippen LogP contribution < -0.4 is 5.73 Å². The Morgan fingerprint density at radius 3 is 2.63 bits per heavy atom. The Morgan fingerprint density at radius 2 is 2.05 bits per heavy atom. The zero-order chi connectivity index (χ0) is 14.2. The molecule has 3 nitrogen and oxygen atoms in total. The second kappa shape index (κ2) is 4.99. The van der Waals surface area contributed by atoms with Gasteiger partial charge in [0, 0.05) is 24.6 Å². The molecule has 0 aliphatic carbocycles. The van der Waals surface area contributed by atoms with Crippen LogP contribution in [0, 0.1) is 11.6 Å². The van der Waals surface area contributed by atoms with Crippen molar-refractivity contribution in [3.05, 3.63) is 35.5 Å². The molecule has 2 aromatic rings. The number of nitrogen functional groups attached to an aromatic ring is 1. The maximum absolute atomic E-state index is 13.9. The minimum absolute atomic E-state index is 0.156. The summed E-state index contributed by atoms with van der Waals surface area (Å²) in [4.78, 5) is 0. The van der Waals surface area contributed by atoms with Gasteiger partial charge in [0.05, 0.1) is 11.3 Å². The molecule has 2 N–H and O–H groups in total. The predicted molar refractivity (Wildman–Crippen MR) is 71.7 cm³/mol. The number of anilines is 1. The summed E-state index contributed by atoms with van der Waals surface area (Å²) in [6.45, 7) is 4.03. The zero-order valence-electron chi connectivity index (χ0n) is 11.2. The van der Waals surface area contributed by atoms with Gasteiger partial charge in [-0.05, 0) is 18.6 Å². The molecule has 0 radical (unpaired) electrons. The molecule has 1 unspecified atom stereocenters. The molecule has 1 aromatic carbocycles. The SMILES string of the molecule is CCC(C)c1nn(C)c(N)c1-c1ccc(F)cc1F. The van der Waals surface area contributed by atoms with Gasteiger partial charge in [0.15, 0.2) is 0 Å². The van der Waals surface area contributed by atoms with E-state index in [1.807, 2.05) is 13.8 Å². The van der Waals surface area contributed by atoms with E-state index in [-0.39, 0.29) is 5.92 Å². The minimum Gasteiger partial charge on any atom is -0.383 e. The number of hydrogen-bond acceptors (Lipinski definition) is 2. The van der Waals surface area contributed by atoms with Crippen LogP contribution in [0.5, 0.6) is 0 Å². The third-order valence-electron chi connectivity index (χ3n) is 3.40. The maximum Gasteiger partial charge on any atom is 0.134 e. The highest BCUT2D eigenvalue weighted by atomic mass is 19.1. The first-order valence-corrected chi connectivity index (χ1v) is 6.23. The highest BCUT2D eigenvalue weighted by molar-refractivity contribution is 5.77. The van der Waals surface area contributed by atoms with Crippen molar-refractivity contribution in [1.82, 2.24) is 9.78 Å². The van der Waals surface area contributed by atoms with Gasteiger partial charge in [0.1, 0.15) is 17.5 Å². The van der Waals surface area contributed by atoms with Crippen molar-refractivity contribution in [2.45, 2.75) is 26.2 Å². The Kier molecular flexibility index (Phi) is 3.55. The molecule has 1 atom stereocenters. The number of aromatic nitrogens is 2. The molecule has 0 spiro atoms. The van der Waals surface area contributed by atoms with Crippen LogP contribution in [0.2, 0.25) is 0 Å². The third kappa shape index (κ3) is 2.32. The van der Waals surface area contributed by atoms with Crippen LogP contribution in [0.4, 0.5) is 14.6 Å². The monoisotopic (exact) mass is 265 g/mol. The van der Waals surface area contributed by atoms with E-state index < -0.39 is 11.6 Å². The van der Waals surface area contributed by atoms with E-state index in [1.165, 1.54) is 16.8 Å². The van der Waals surface area contributed by atoms with Crippen LogP contribution in [-0.2, 0) is 7.05 Å². The molecule has 0 amide bonds. The lowest BCUT2D eigenvalue weighted by molar-refractivity contribution is 0.585. The number of halogens is 2. The molecular weight excluding hydrogens is 248 g/mol. The number of nitrogens with two attached hydrogens (primary N) is 1. The van der Waals surface area contributed by atoms with Gasteiger partial charge in [-0.25, -0.2) is 8.78 Å². The molecule has 19 heavy (non-hydrogen) atoms. The Bertz CT molecular complexity index is 605. The lowest BCUT2D eigenvalue weighted by atomic mass is 9.96. The number of aryl methyl sites for hydroxylation is 1. The number of nitrogens with zero attached hydrogens (tertiary/aromatic N) is 2. The average Bonchev–Trinajstić information content (AvgIpc) is 2.66. The molecule has 0 fully saturated rings. The Hall–Kier alpha value is -1.91. The van der Waals surface area contributed by atoms with Gasteiger partial charge in [-0.3, -0.25) is 4.68 Å². The van der Waals surface area contributed by atoms with Crippen LogP contribution >= 0.6 is 0 Å². The number of rotatable bonds is 3. The zero-order valence-corrected chi connectivity index (χ0v) is 11.2. The molecule has 0 saturated heterocycles. The summed E-state index contributed by atoms with van der Waals surface area (Å²) in [7, 11) is 1.71. The summed E-state index contributed by atoms with van der Waals surface area (Å²) in [5.74, 6) is -0.679. The summed E-state index contributed by atoms with van der Waals surface area (Å²) >= 11 is 0. The molecule has 1 aromatic heterocycles. The summed E-state index contributed by atoms with van der Waals surface area (Å²) in [6, 6.07) is 3.50. The van der Waals surface area contributed by atoms with E-state index in [4.69, 9.17) is 5.73 Å². The van der Waals surface area contributed by atoms with Gasteiger partial charge >= 0.3 is 0 Å². The van der Waals surface area contributed by atoms with E-state index in [2.05, 4.69) is 5.10 Å². The van der Waals surface area contributed by atoms with Crippen LogP contribution in [0.25, 0.3) is 11.1 Å². The van der Waals surface area contributed by atoms with Crippen molar-refractivity contribution in [3.8, 4) is 11.1 Å². The first kappa shape index (κ1) is 13.5. The van der Waals surface area contributed by atoms with Crippen molar-refractivity contribution < 1.29 is 8.78 Å². The van der Waals surface area contributed by atoms with Crippen molar-refractivity contribution in [2.75, 3.05) is 5.73 Å². The molecule has 1 heterocycles. The Morgan fingerprint density at radius 1 is 1.37 bits per heavy atom. The molecular formula is C14H17F2N3. The minimum atomic E-state index is -0.621. The molecule has 0 bridgehead atoms. The fraction of sp³-hybridized carbons (Fsp3) is 0.357. The van der Waals surface area contributed by atoms with E-state index in [0.717, 1.165) is 18.2 Å². The van der Waals surface area contributed by atoms with E-state index in [9.17, 15) is 8.78 Å². The summed E-state index contributed by atoms with van der Waals surface area (Å²) in [6.07, 6.45) is 0.867. The van der Waals surface area contributed by atoms with Crippen LogP contribution in [-0.4, -0.2) is 9.78 Å². The fourth-order valence-corrected chi connectivity index (χ4v) is 2.06. The van der Waals surface area contributed by atoms with Crippen molar-refractivity contribution in [2.24, 2.45) is 7.05 Å². The summed E-state index contributed by atoms with van der Waals surface area (Å²) in [5.41, 5.74) is 7.58. The largest absolute Gasteiger partial charge is 0.383 e. The normalized spacial score (nSPS) is 12.7. The number of hydrogen-bond donors (Lipinski definition) is 1. The molecule has 0 aliphatic heterocycles. The lowest BCUT2D eigenvalue weighted by Gasteiger charge is -2.09. The molecule has 5 heteroatoms. The predicted octanol–water partition coefficient (Wildman–Crippen LogP) is 3.46. The van der Waals surface area contributed by atoms with E-state index in [1.54, 1.807) is 7.05 Å². The molecule has 102 valence electrons. The molecule has 0 aliphatic rings. The maximum atomic E-state index is 13.9. The smallest absolute Gasteiger partial charge is 0.134 e. The van der Waals surface area contributed by atoms with E-state index in [0.29, 0.717) is 16.9 Å². The number of benzene rings is 1. The standard InChI is InChI=1S/C14H17F2N3/c1-4-8(2)13-12(14(17)19(3)18-13)10-6-5-9(15)7-11(10)16/h5-8H,4,17H2,1-3H3. The van der Waals surface area contributed by atoms with Gasteiger partial charge in [-0.2, -0.15) is 5.10 Å². The molecule has 0 saturated carbocycles. The van der Waals surface area contributed by atoms with Gasteiger partial charge in [-0.15, -0.1) is 0 Å². The Balaban J connectivity index is 2.67. The van der Waals surface area contributed by atoms with Crippen LogP contribution in [0.1, 0.15) is 31.9 Å². The second-order valence-corrected chi connectivity index (χ2v) is 4.70. The van der Waals surface area contributed by atoms with Crippen LogP contribution in [0.15, 0.2) is 18.2 Å². The Labute approximate surface area is 111 Å². The van der Waals surface area contributed by atoms with Gasteiger partial charge in [0.2, 0.25) is 0 Å². The van der Waals surface area contributed by atoms with Gasteiger partial charge in [-0.1, -0.05) is 13.8 Å². The van der Waals surface area contributed by atoms with E-state index >= 15 is 0 Å². The fourth-order valence-electron chi connectivity index (χ4n) is 2.06. The van der Waals surface area contributed by atoms with Crippen LogP contribution in [0.3, 0.4) is 0 Å². The van der Waals surface area contributed by atoms with Gasteiger partial charge in [0.25, 0.3) is 0 Å². The first-order valence-electron chi connectivity index (χ1n) is 6.23. The molecule has 2 rings (SSSR count). The van der Waals surface area contributed by atoms with Crippen molar-refractivity contribution in [1.29, 1.82) is 0 Å². The van der Waals surface area contributed by atoms with Crippen molar-refractivity contribution >= 4 is 5.82 Å².